The smallest absolute Gasteiger partial charge is 0.216 e. The van der Waals surface area contributed by atoms with E-state index in [4.69, 9.17) is 0 Å². The van der Waals surface area contributed by atoms with Gasteiger partial charge in [0.15, 0.2) is 0 Å². The summed E-state index contributed by atoms with van der Waals surface area (Å²) in [7, 11) is -3.67. The van der Waals surface area contributed by atoms with E-state index in [-0.39, 0.29) is 0 Å². The molecular formula is C6H9IN2O2S. The highest BCUT2D eigenvalue weighted by molar-refractivity contribution is 14.1. The molecule has 4 N–H and O–H groups in total. The van der Waals surface area contributed by atoms with Gasteiger partial charge in [-0.1, -0.05) is 18.2 Å². The van der Waals surface area contributed by atoms with Crippen LogP contribution in [-0.4, -0.2) is 8.42 Å². The molecule has 0 aromatic heterocycles. The van der Waals surface area contributed by atoms with Crippen molar-refractivity contribution in [2.75, 3.05) is 0 Å². The van der Waals surface area contributed by atoms with Crippen molar-refractivity contribution in [3.63, 3.8) is 0 Å². The van der Waals surface area contributed by atoms with E-state index in [1.807, 2.05) is 18.2 Å². The van der Waals surface area contributed by atoms with Gasteiger partial charge in [-0.3, -0.25) is 0 Å². The van der Waals surface area contributed by atoms with Crippen molar-refractivity contribution >= 4 is 32.8 Å². The molecule has 0 unspecified atom stereocenters. The number of hydrogen-bond acceptors (Lipinski definition) is 2. The molecule has 0 aliphatic rings. The minimum absolute atomic E-state index is 1.29. The second-order valence-electron chi connectivity index (χ2n) is 1.88. The molecule has 68 valence electrons. The van der Waals surface area contributed by atoms with Gasteiger partial charge in [0, 0.05) is 3.57 Å². The highest BCUT2D eigenvalue weighted by atomic mass is 127. The van der Waals surface area contributed by atoms with Gasteiger partial charge in [0.2, 0.25) is 0 Å². The quantitative estimate of drug-likeness (QED) is 0.681. The van der Waals surface area contributed by atoms with Crippen LogP contribution in [0.1, 0.15) is 0 Å². The van der Waals surface area contributed by atoms with E-state index in [0.717, 1.165) is 0 Å². The molecule has 0 saturated heterocycles. The zero-order chi connectivity index (χ0) is 9.61. The summed E-state index contributed by atoms with van der Waals surface area (Å²) in [6.45, 7) is 0. The Bertz CT molecular complexity index is 304. The van der Waals surface area contributed by atoms with Gasteiger partial charge in [-0.15, -0.1) is 0 Å². The lowest BCUT2D eigenvalue weighted by molar-refractivity contribution is 0.599. The zero-order valence-electron chi connectivity index (χ0n) is 6.14. The first-order valence-corrected chi connectivity index (χ1v) is 5.59. The summed E-state index contributed by atoms with van der Waals surface area (Å²) in [5.41, 5.74) is 0. The summed E-state index contributed by atoms with van der Waals surface area (Å²) >= 11 is 2.28. The Hall–Kier alpha value is -0.180. The van der Waals surface area contributed by atoms with Crippen molar-refractivity contribution in [2.24, 2.45) is 10.3 Å². The van der Waals surface area contributed by atoms with Crippen molar-refractivity contribution in [3.8, 4) is 0 Å². The summed E-state index contributed by atoms with van der Waals surface area (Å²) in [6.07, 6.45) is 0. The molecule has 0 fully saturated rings. The van der Waals surface area contributed by atoms with E-state index in [2.05, 4.69) is 45.0 Å². The van der Waals surface area contributed by atoms with E-state index in [0.29, 0.717) is 0 Å². The fourth-order valence-corrected chi connectivity index (χ4v) is 0.830. The van der Waals surface area contributed by atoms with Crippen molar-refractivity contribution in [3.05, 3.63) is 33.9 Å². The molecule has 0 amide bonds. The molecule has 0 saturated carbocycles. The van der Waals surface area contributed by atoms with Crippen LogP contribution in [0.15, 0.2) is 30.3 Å². The van der Waals surface area contributed by atoms with Gasteiger partial charge in [-0.2, -0.15) is 8.42 Å². The maximum atomic E-state index is 9.19. The molecule has 0 spiro atoms. The van der Waals surface area contributed by atoms with E-state index in [1.165, 1.54) is 3.57 Å². The van der Waals surface area contributed by atoms with Crippen LogP contribution in [-0.2, 0) is 10.2 Å². The number of nitrogens with two attached hydrogens (primary N) is 2. The number of rotatable bonds is 0. The zero-order valence-corrected chi connectivity index (χ0v) is 9.12. The molecule has 1 rings (SSSR count). The fourth-order valence-electron chi connectivity index (χ4n) is 0.415. The predicted molar refractivity (Wildman–Crippen MR) is 56.5 cm³/mol. The summed E-state index contributed by atoms with van der Waals surface area (Å²) in [6, 6.07) is 10.2. The molecule has 12 heavy (non-hydrogen) atoms. The summed E-state index contributed by atoms with van der Waals surface area (Å²) in [4.78, 5) is 0. The Kier molecular flexibility index (Phi) is 5.38. The Balaban J connectivity index is 0.000000217. The molecule has 0 radical (unpaired) electrons. The molecule has 0 bridgehead atoms. The van der Waals surface area contributed by atoms with Gasteiger partial charge < -0.3 is 0 Å². The van der Waals surface area contributed by atoms with Gasteiger partial charge in [0.1, 0.15) is 0 Å². The van der Waals surface area contributed by atoms with Crippen LogP contribution in [0.2, 0.25) is 0 Å². The molecule has 0 atom stereocenters. The maximum absolute atomic E-state index is 9.19. The molecule has 1 aromatic carbocycles. The first-order chi connectivity index (χ1) is 5.39. The highest BCUT2D eigenvalue weighted by Crippen LogP contribution is 1.99. The number of benzene rings is 1. The van der Waals surface area contributed by atoms with E-state index in [9.17, 15) is 8.42 Å². The normalized spacial score (nSPS) is 9.92. The minimum atomic E-state index is -3.67. The number of halogens is 1. The molecule has 0 aliphatic carbocycles. The van der Waals surface area contributed by atoms with Crippen LogP contribution in [0.3, 0.4) is 0 Å². The Morgan fingerprint density at radius 3 is 1.58 bits per heavy atom. The van der Waals surface area contributed by atoms with Crippen LogP contribution in [0.4, 0.5) is 0 Å². The second kappa shape index (κ2) is 5.46. The summed E-state index contributed by atoms with van der Waals surface area (Å²) in [5.74, 6) is 0. The third-order valence-electron chi connectivity index (χ3n) is 0.733. The lowest BCUT2D eigenvalue weighted by atomic mass is 10.4. The first kappa shape index (κ1) is 11.8. The van der Waals surface area contributed by atoms with E-state index >= 15 is 0 Å². The average molecular weight is 300 g/mol. The van der Waals surface area contributed by atoms with Crippen molar-refractivity contribution in [1.29, 1.82) is 0 Å². The maximum Gasteiger partial charge on any atom is 0.271 e. The first-order valence-electron chi connectivity index (χ1n) is 2.90. The molecule has 6 heteroatoms. The highest BCUT2D eigenvalue weighted by Gasteiger charge is 1.78. The largest absolute Gasteiger partial charge is 0.271 e. The topological polar surface area (TPSA) is 86.2 Å². The SMILES string of the molecule is Ic1ccccc1.NS(N)(=O)=O. The van der Waals surface area contributed by atoms with Crippen LogP contribution in [0, 0.1) is 3.57 Å². The number of hydrogen-bond donors (Lipinski definition) is 2. The van der Waals surface area contributed by atoms with Crippen molar-refractivity contribution < 1.29 is 8.42 Å². The minimum Gasteiger partial charge on any atom is -0.216 e. The molecule has 0 heterocycles. The van der Waals surface area contributed by atoms with Crippen LogP contribution in [0.25, 0.3) is 0 Å². The lowest BCUT2D eigenvalue weighted by Gasteiger charge is -1.80. The van der Waals surface area contributed by atoms with Gasteiger partial charge in [0.25, 0.3) is 10.2 Å². The Morgan fingerprint density at radius 1 is 1.08 bits per heavy atom. The van der Waals surface area contributed by atoms with Crippen molar-refractivity contribution in [1.82, 2.24) is 0 Å². The van der Waals surface area contributed by atoms with E-state index in [1.54, 1.807) is 0 Å². The summed E-state index contributed by atoms with van der Waals surface area (Å²) in [5, 5.41) is 8.21. The average Bonchev–Trinajstić information content (AvgIpc) is 1.85. The Morgan fingerprint density at radius 2 is 1.42 bits per heavy atom. The summed E-state index contributed by atoms with van der Waals surface area (Å²) < 4.78 is 19.7. The Labute approximate surface area is 85.3 Å². The standard InChI is InChI=1S/C6H5I.H4N2O2S/c7-6-4-2-1-3-5-6;1-5(2,3)4/h1-5H;(H4,1,2,3,4). The van der Waals surface area contributed by atoms with Crippen LogP contribution in [0.5, 0.6) is 0 Å². The molecule has 1 aromatic rings. The van der Waals surface area contributed by atoms with Crippen LogP contribution < -0.4 is 10.3 Å². The molecule has 0 aliphatic heterocycles. The van der Waals surface area contributed by atoms with Crippen LogP contribution >= 0.6 is 22.6 Å². The van der Waals surface area contributed by atoms with Gasteiger partial charge in [-0.25, -0.2) is 10.3 Å². The van der Waals surface area contributed by atoms with Gasteiger partial charge in [0.05, 0.1) is 0 Å². The molecule has 4 nitrogen and oxygen atoms in total. The lowest BCUT2D eigenvalue weighted by Crippen LogP contribution is -2.21. The van der Waals surface area contributed by atoms with Gasteiger partial charge in [-0.05, 0) is 34.7 Å². The van der Waals surface area contributed by atoms with Gasteiger partial charge >= 0.3 is 0 Å². The predicted octanol–water partition coefficient (Wildman–Crippen LogP) is 0.440. The molecular weight excluding hydrogens is 291 g/mol. The van der Waals surface area contributed by atoms with Crippen molar-refractivity contribution in [2.45, 2.75) is 0 Å². The second-order valence-corrected chi connectivity index (χ2v) is 4.31. The van der Waals surface area contributed by atoms with E-state index < -0.39 is 10.2 Å². The third-order valence-corrected chi connectivity index (χ3v) is 1.45. The monoisotopic (exact) mass is 300 g/mol. The fraction of sp³-hybridized carbons (Fsp3) is 0. The third kappa shape index (κ3) is 12.5.